The number of hydrogen-bond donors (Lipinski definition) is 1. The summed E-state index contributed by atoms with van der Waals surface area (Å²) >= 11 is 5.29. The number of hydrogen-bond acceptors (Lipinski definition) is 3. The summed E-state index contributed by atoms with van der Waals surface area (Å²) < 4.78 is 7.89. The molecule has 3 rings (SSSR count). The monoisotopic (exact) mass is 326 g/mol. The number of para-hydroxylation sites is 1. The molecule has 0 aliphatic rings. The van der Waals surface area contributed by atoms with E-state index in [1.54, 1.807) is 10.6 Å². The Morgan fingerprint density at radius 1 is 1.13 bits per heavy atom. The number of unbranched alkanes of at least 4 members (excludes halogenated alkanes) is 1. The second kappa shape index (κ2) is 6.79. The standard InChI is InChI=1S/C18H18N2O2S/c1-2-3-11-20-17(21)15-12-14(9-10-16(15)19-18(20)23)22-13-7-5-4-6-8-13/h4-10,12H,2-3,11H2,1H3,(H,19,23). The molecule has 1 heterocycles. The van der Waals surface area contributed by atoms with Crippen molar-refractivity contribution >= 4 is 23.1 Å². The molecule has 23 heavy (non-hydrogen) atoms. The van der Waals surface area contributed by atoms with Crippen LogP contribution in [0.5, 0.6) is 11.5 Å². The van der Waals surface area contributed by atoms with Crippen LogP contribution in [0.25, 0.3) is 10.9 Å². The highest BCUT2D eigenvalue weighted by Gasteiger charge is 2.07. The van der Waals surface area contributed by atoms with Crippen LogP contribution in [-0.4, -0.2) is 9.55 Å². The summed E-state index contributed by atoms with van der Waals surface area (Å²) in [6, 6.07) is 14.9. The van der Waals surface area contributed by atoms with Crippen molar-refractivity contribution in [2.45, 2.75) is 26.3 Å². The molecular formula is C18H18N2O2S. The van der Waals surface area contributed by atoms with Crippen molar-refractivity contribution in [2.24, 2.45) is 0 Å². The number of benzene rings is 2. The normalized spacial score (nSPS) is 10.8. The van der Waals surface area contributed by atoms with E-state index >= 15 is 0 Å². The van der Waals surface area contributed by atoms with Gasteiger partial charge in [-0.05, 0) is 49.0 Å². The molecule has 0 radical (unpaired) electrons. The van der Waals surface area contributed by atoms with Gasteiger partial charge in [0, 0.05) is 6.54 Å². The first kappa shape index (κ1) is 15.5. The highest BCUT2D eigenvalue weighted by Crippen LogP contribution is 2.23. The number of ether oxygens (including phenoxy) is 1. The summed E-state index contributed by atoms with van der Waals surface area (Å²) in [5, 5.41) is 0.586. The molecule has 118 valence electrons. The molecular weight excluding hydrogens is 308 g/mol. The maximum atomic E-state index is 12.7. The lowest BCUT2D eigenvalue weighted by molar-refractivity contribution is 0.483. The quantitative estimate of drug-likeness (QED) is 0.694. The van der Waals surface area contributed by atoms with E-state index in [0.29, 0.717) is 22.5 Å². The lowest BCUT2D eigenvalue weighted by Crippen LogP contribution is -2.22. The maximum absolute atomic E-state index is 12.7. The number of nitrogens with zero attached hydrogens (tertiary/aromatic N) is 1. The molecule has 0 unspecified atom stereocenters. The Labute approximate surface area is 139 Å². The molecule has 0 atom stereocenters. The number of H-pyrrole nitrogens is 1. The molecule has 0 aliphatic carbocycles. The molecule has 0 saturated heterocycles. The molecule has 0 fully saturated rings. The van der Waals surface area contributed by atoms with E-state index in [1.165, 1.54) is 0 Å². The lowest BCUT2D eigenvalue weighted by atomic mass is 10.2. The van der Waals surface area contributed by atoms with Gasteiger partial charge in [-0.15, -0.1) is 0 Å². The van der Waals surface area contributed by atoms with Crippen LogP contribution in [0.2, 0.25) is 0 Å². The van der Waals surface area contributed by atoms with E-state index < -0.39 is 0 Å². The van der Waals surface area contributed by atoms with E-state index in [0.717, 1.165) is 24.1 Å². The molecule has 4 nitrogen and oxygen atoms in total. The lowest BCUT2D eigenvalue weighted by Gasteiger charge is -2.09. The van der Waals surface area contributed by atoms with Crippen LogP contribution >= 0.6 is 12.2 Å². The fraction of sp³-hybridized carbons (Fsp3) is 0.222. The van der Waals surface area contributed by atoms with Gasteiger partial charge in [0.25, 0.3) is 5.56 Å². The highest BCUT2D eigenvalue weighted by molar-refractivity contribution is 7.71. The zero-order valence-electron chi connectivity index (χ0n) is 12.9. The average Bonchev–Trinajstić information content (AvgIpc) is 2.56. The molecule has 5 heteroatoms. The van der Waals surface area contributed by atoms with Crippen LogP contribution in [0.3, 0.4) is 0 Å². The van der Waals surface area contributed by atoms with Crippen LogP contribution in [0.1, 0.15) is 19.8 Å². The molecule has 1 N–H and O–H groups in total. The predicted molar refractivity (Wildman–Crippen MR) is 94.8 cm³/mol. The van der Waals surface area contributed by atoms with Crippen molar-refractivity contribution in [1.82, 2.24) is 9.55 Å². The van der Waals surface area contributed by atoms with Gasteiger partial charge in [-0.1, -0.05) is 31.5 Å². The van der Waals surface area contributed by atoms with Gasteiger partial charge in [-0.3, -0.25) is 9.36 Å². The summed E-state index contributed by atoms with van der Waals surface area (Å²) in [6.07, 6.45) is 1.93. The van der Waals surface area contributed by atoms with E-state index in [2.05, 4.69) is 11.9 Å². The van der Waals surface area contributed by atoms with E-state index in [1.807, 2.05) is 42.5 Å². The van der Waals surface area contributed by atoms with E-state index in [9.17, 15) is 4.79 Å². The topological polar surface area (TPSA) is 47.0 Å². The number of rotatable bonds is 5. The molecule has 0 saturated carbocycles. The minimum absolute atomic E-state index is 0.0734. The number of aromatic amines is 1. The minimum Gasteiger partial charge on any atom is -0.457 e. The van der Waals surface area contributed by atoms with Gasteiger partial charge in [-0.25, -0.2) is 0 Å². The molecule has 3 aromatic rings. The Morgan fingerprint density at radius 3 is 2.65 bits per heavy atom. The third-order valence-corrected chi connectivity index (χ3v) is 3.99. The maximum Gasteiger partial charge on any atom is 0.262 e. The minimum atomic E-state index is -0.0734. The van der Waals surface area contributed by atoms with E-state index in [4.69, 9.17) is 17.0 Å². The number of fused-ring (bicyclic) bond motifs is 1. The van der Waals surface area contributed by atoms with Crippen LogP contribution in [0.4, 0.5) is 0 Å². The van der Waals surface area contributed by atoms with Crippen molar-refractivity contribution < 1.29 is 4.74 Å². The second-order valence-corrected chi connectivity index (χ2v) is 5.75. The molecule has 2 aromatic carbocycles. The Bertz CT molecular complexity index is 929. The van der Waals surface area contributed by atoms with Crippen molar-refractivity contribution in [2.75, 3.05) is 0 Å². The second-order valence-electron chi connectivity index (χ2n) is 5.36. The Balaban J connectivity index is 2.04. The van der Waals surface area contributed by atoms with Crippen LogP contribution < -0.4 is 10.3 Å². The third kappa shape index (κ3) is 3.35. The first-order valence-corrected chi connectivity index (χ1v) is 8.09. The fourth-order valence-electron chi connectivity index (χ4n) is 2.44. The summed E-state index contributed by atoms with van der Waals surface area (Å²) in [4.78, 5) is 15.8. The summed E-state index contributed by atoms with van der Waals surface area (Å²) in [5.74, 6) is 1.37. The SMILES string of the molecule is CCCCn1c(=S)[nH]c2ccc(Oc3ccccc3)cc2c1=O. The summed E-state index contributed by atoms with van der Waals surface area (Å²) in [5.41, 5.74) is 0.656. The zero-order chi connectivity index (χ0) is 16.2. The van der Waals surface area contributed by atoms with Gasteiger partial charge in [-0.2, -0.15) is 0 Å². The zero-order valence-corrected chi connectivity index (χ0v) is 13.7. The van der Waals surface area contributed by atoms with Gasteiger partial charge in [0.05, 0.1) is 10.9 Å². The molecule has 0 aliphatic heterocycles. The summed E-state index contributed by atoms with van der Waals surface area (Å²) in [6.45, 7) is 2.72. The number of aromatic nitrogens is 2. The van der Waals surface area contributed by atoms with Crippen molar-refractivity contribution in [3.05, 3.63) is 63.7 Å². The van der Waals surface area contributed by atoms with Gasteiger partial charge in [0.15, 0.2) is 4.77 Å². The average molecular weight is 326 g/mol. The largest absolute Gasteiger partial charge is 0.457 e. The van der Waals surface area contributed by atoms with Crippen LogP contribution in [0.15, 0.2) is 53.3 Å². The van der Waals surface area contributed by atoms with E-state index in [-0.39, 0.29) is 5.56 Å². The van der Waals surface area contributed by atoms with Crippen molar-refractivity contribution in [3.63, 3.8) is 0 Å². The van der Waals surface area contributed by atoms with Gasteiger partial charge < -0.3 is 9.72 Å². The Kier molecular flexibility index (Phi) is 4.57. The van der Waals surface area contributed by atoms with Gasteiger partial charge in [0.1, 0.15) is 11.5 Å². The van der Waals surface area contributed by atoms with Crippen LogP contribution in [0, 0.1) is 4.77 Å². The van der Waals surface area contributed by atoms with Gasteiger partial charge >= 0.3 is 0 Å². The summed E-state index contributed by atoms with van der Waals surface area (Å²) in [7, 11) is 0. The number of nitrogens with one attached hydrogen (secondary N) is 1. The predicted octanol–water partition coefficient (Wildman–Crippen LogP) is 4.65. The van der Waals surface area contributed by atoms with Crippen molar-refractivity contribution in [1.29, 1.82) is 0 Å². The molecule has 0 bridgehead atoms. The van der Waals surface area contributed by atoms with Crippen molar-refractivity contribution in [3.8, 4) is 11.5 Å². The molecule has 0 amide bonds. The smallest absolute Gasteiger partial charge is 0.262 e. The highest BCUT2D eigenvalue weighted by atomic mass is 32.1. The molecule has 0 spiro atoms. The third-order valence-electron chi connectivity index (χ3n) is 3.67. The Morgan fingerprint density at radius 2 is 1.91 bits per heavy atom. The molecule has 1 aromatic heterocycles. The van der Waals surface area contributed by atoms with Crippen LogP contribution in [-0.2, 0) is 6.54 Å². The van der Waals surface area contributed by atoms with Gasteiger partial charge in [0.2, 0.25) is 0 Å². The fourth-order valence-corrected chi connectivity index (χ4v) is 2.72. The Hall–Kier alpha value is -2.40. The first-order valence-electron chi connectivity index (χ1n) is 7.69. The first-order chi connectivity index (χ1) is 11.2.